The standard InChI is InChI=1S/C33H25ClN4O2/c34-31-14-8-7-11-26(31)23-40-30-17-15-25(16-18-30)32-28(22-38(37-32)29-12-5-2-6-13-29)19-27(20-35)33(39)36-21-24-9-3-1-4-10-24/h1-19,22H,21,23H2,(H,36,39)/b27-19-. The second-order valence-corrected chi connectivity index (χ2v) is 9.36. The number of amides is 1. The molecule has 1 N–H and O–H groups in total. The van der Waals surface area contributed by atoms with Crippen molar-refractivity contribution in [1.82, 2.24) is 15.1 Å². The number of hydrogen-bond donors (Lipinski definition) is 1. The number of nitriles is 1. The van der Waals surface area contributed by atoms with Gasteiger partial charge in [0.2, 0.25) is 0 Å². The van der Waals surface area contributed by atoms with E-state index in [-0.39, 0.29) is 5.57 Å². The van der Waals surface area contributed by atoms with Crippen LogP contribution >= 0.6 is 11.6 Å². The van der Waals surface area contributed by atoms with Crippen molar-refractivity contribution in [2.45, 2.75) is 13.2 Å². The summed E-state index contributed by atoms with van der Waals surface area (Å²) < 4.78 is 7.66. The molecule has 5 rings (SSSR count). The maximum Gasteiger partial charge on any atom is 0.262 e. The minimum absolute atomic E-state index is 0.00974. The number of halogens is 1. The van der Waals surface area contributed by atoms with Gasteiger partial charge in [0.05, 0.1) is 11.4 Å². The molecule has 4 aromatic carbocycles. The van der Waals surface area contributed by atoms with E-state index in [1.807, 2.05) is 121 Å². The van der Waals surface area contributed by atoms with Crippen molar-refractivity contribution in [1.29, 1.82) is 5.26 Å². The Labute approximate surface area is 237 Å². The van der Waals surface area contributed by atoms with E-state index in [9.17, 15) is 10.1 Å². The van der Waals surface area contributed by atoms with Crippen LogP contribution in [0.1, 0.15) is 16.7 Å². The van der Waals surface area contributed by atoms with Crippen molar-refractivity contribution in [2.75, 3.05) is 0 Å². The first-order chi connectivity index (χ1) is 19.6. The number of carbonyl (C=O) groups excluding carboxylic acids is 1. The predicted octanol–water partition coefficient (Wildman–Crippen LogP) is 7.00. The van der Waals surface area contributed by atoms with E-state index in [2.05, 4.69) is 5.32 Å². The number of benzene rings is 4. The molecule has 1 heterocycles. The van der Waals surface area contributed by atoms with Crippen molar-refractivity contribution in [2.24, 2.45) is 0 Å². The summed E-state index contributed by atoms with van der Waals surface area (Å²) in [7, 11) is 0. The Morgan fingerprint density at radius 2 is 1.60 bits per heavy atom. The van der Waals surface area contributed by atoms with Gasteiger partial charge in [0, 0.05) is 34.5 Å². The summed E-state index contributed by atoms with van der Waals surface area (Å²) in [6.45, 7) is 0.670. The molecule has 0 atom stereocenters. The van der Waals surface area contributed by atoms with Gasteiger partial charge in [0.1, 0.15) is 24.0 Å². The first kappa shape index (κ1) is 26.5. The van der Waals surface area contributed by atoms with E-state index in [0.29, 0.717) is 35.2 Å². The molecule has 0 saturated heterocycles. The van der Waals surface area contributed by atoms with Crippen LogP contribution in [0.25, 0.3) is 23.0 Å². The van der Waals surface area contributed by atoms with Crippen LogP contribution in [0.2, 0.25) is 5.02 Å². The Balaban J connectivity index is 1.41. The third-order valence-electron chi connectivity index (χ3n) is 6.20. The average Bonchev–Trinajstić information content (AvgIpc) is 3.43. The number of nitrogens with one attached hydrogen (secondary N) is 1. The highest BCUT2D eigenvalue weighted by Crippen LogP contribution is 2.28. The van der Waals surface area contributed by atoms with Gasteiger partial charge in [-0.2, -0.15) is 10.4 Å². The summed E-state index contributed by atoms with van der Waals surface area (Å²) in [6.07, 6.45) is 3.39. The highest BCUT2D eigenvalue weighted by Gasteiger charge is 2.15. The zero-order chi connectivity index (χ0) is 27.7. The summed E-state index contributed by atoms with van der Waals surface area (Å²) in [5.74, 6) is 0.231. The molecule has 0 saturated carbocycles. The van der Waals surface area contributed by atoms with Crippen molar-refractivity contribution < 1.29 is 9.53 Å². The lowest BCUT2D eigenvalue weighted by atomic mass is 10.1. The molecule has 1 aromatic heterocycles. The summed E-state index contributed by atoms with van der Waals surface area (Å²) in [5.41, 5.74) is 4.78. The van der Waals surface area contributed by atoms with E-state index in [1.54, 1.807) is 10.8 Å². The molecule has 40 heavy (non-hydrogen) atoms. The minimum Gasteiger partial charge on any atom is -0.489 e. The van der Waals surface area contributed by atoms with Crippen LogP contribution in [-0.4, -0.2) is 15.7 Å². The second kappa shape index (κ2) is 12.6. The van der Waals surface area contributed by atoms with Crippen molar-refractivity contribution in [3.05, 3.63) is 143 Å². The van der Waals surface area contributed by atoms with Gasteiger partial charge in [0.25, 0.3) is 5.91 Å². The molecule has 0 unspecified atom stereocenters. The second-order valence-electron chi connectivity index (χ2n) is 8.96. The van der Waals surface area contributed by atoms with Crippen LogP contribution < -0.4 is 10.1 Å². The Morgan fingerprint density at radius 1 is 0.925 bits per heavy atom. The first-order valence-electron chi connectivity index (χ1n) is 12.7. The maximum absolute atomic E-state index is 12.9. The molecular weight excluding hydrogens is 520 g/mol. The van der Waals surface area contributed by atoms with Gasteiger partial charge < -0.3 is 10.1 Å². The van der Waals surface area contributed by atoms with Gasteiger partial charge in [-0.15, -0.1) is 0 Å². The Kier molecular flexibility index (Phi) is 8.35. The number of nitrogens with zero attached hydrogens (tertiary/aromatic N) is 3. The van der Waals surface area contributed by atoms with Gasteiger partial charge in [-0.1, -0.05) is 78.3 Å². The van der Waals surface area contributed by atoms with E-state index in [4.69, 9.17) is 21.4 Å². The normalized spacial score (nSPS) is 11.1. The number of para-hydroxylation sites is 1. The topological polar surface area (TPSA) is 79.9 Å². The molecule has 1 amide bonds. The lowest BCUT2D eigenvalue weighted by Gasteiger charge is -2.08. The predicted molar refractivity (Wildman–Crippen MR) is 157 cm³/mol. The third-order valence-corrected chi connectivity index (χ3v) is 6.57. The fourth-order valence-corrected chi connectivity index (χ4v) is 4.28. The lowest BCUT2D eigenvalue weighted by molar-refractivity contribution is -0.117. The fourth-order valence-electron chi connectivity index (χ4n) is 4.09. The van der Waals surface area contributed by atoms with E-state index < -0.39 is 5.91 Å². The highest BCUT2D eigenvalue weighted by molar-refractivity contribution is 6.31. The number of ether oxygens (including phenoxy) is 1. The van der Waals surface area contributed by atoms with Crippen LogP contribution in [0.4, 0.5) is 0 Å². The van der Waals surface area contributed by atoms with Crippen molar-refractivity contribution in [3.63, 3.8) is 0 Å². The number of aromatic nitrogens is 2. The van der Waals surface area contributed by atoms with Gasteiger partial charge in [-0.25, -0.2) is 4.68 Å². The smallest absolute Gasteiger partial charge is 0.262 e. The van der Waals surface area contributed by atoms with Crippen LogP contribution in [0.15, 0.2) is 121 Å². The van der Waals surface area contributed by atoms with Crippen LogP contribution in [0, 0.1) is 11.3 Å². The van der Waals surface area contributed by atoms with E-state index >= 15 is 0 Å². The largest absolute Gasteiger partial charge is 0.489 e. The molecule has 0 bridgehead atoms. The zero-order valence-electron chi connectivity index (χ0n) is 21.5. The number of hydrogen-bond acceptors (Lipinski definition) is 4. The summed E-state index contributed by atoms with van der Waals surface area (Å²) in [6, 6.07) is 36.3. The first-order valence-corrected chi connectivity index (χ1v) is 13.0. The summed E-state index contributed by atoms with van der Waals surface area (Å²) in [4.78, 5) is 12.9. The molecule has 0 aliphatic carbocycles. The highest BCUT2D eigenvalue weighted by atomic mass is 35.5. The van der Waals surface area contributed by atoms with Gasteiger partial charge in [-0.05, 0) is 54.1 Å². The van der Waals surface area contributed by atoms with E-state index in [1.165, 1.54) is 0 Å². The maximum atomic E-state index is 12.9. The van der Waals surface area contributed by atoms with Gasteiger partial charge in [0.15, 0.2) is 0 Å². The Bertz CT molecular complexity index is 1670. The third kappa shape index (κ3) is 6.47. The monoisotopic (exact) mass is 544 g/mol. The van der Waals surface area contributed by atoms with Gasteiger partial charge >= 0.3 is 0 Å². The Hall–Kier alpha value is -5.12. The Morgan fingerprint density at radius 3 is 2.30 bits per heavy atom. The van der Waals surface area contributed by atoms with Crippen LogP contribution in [0.3, 0.4) is 0 Å². The number of rotatable bonds is 9. The number of carbonyl (C=O) groups is 1. The van der Waals surface area contributed by atoms with Crippen molar-refractivity contribution >= 4 is 23.6 Å². The summed E-state index contributed by atoms with van der Waals surface area (Å²) in [5, 5.41) is 18.1. The molecule has 196 valence electrons. The molecular formula is C33H25ClN4O2. The SMILES string of the molecule is N#C/C(=C/c1cn(-c2ccccc2)nc1-c1ccc(OCc2ccccc2Cl)cc1)C(=O)NCc1ccccc1. The molecule has 7 heteroatoms. The summed E-state index contributed by atoms with van der Waals surface area (Å²) >= 11 is 6.25. The van der Waals surface area contributed by atoms with Crippen LogP contribution in [-0.2, 0) is 17.9 Å². The molecule has 0 aliphatic heterocycles. The molecule has 6 nitrogen and oxygen atoms in total. The van der Waals surface area contributed by atoms with E-state index in [0.717, 1.165) is 22.4 Å². The van der Waals surface area contributed by atoms with Crippen LogP contribution in [0.5, 0.6) is 5.75 Å². The average molecular weight is 545 g/mol. The lowest BCUT2D eigenvalue weighted by Crippen LogP contribution is -2.23. The molecule has 0 radical (unpaired) electrons. The molecule has 0 fully saturated rings. The molecule has 5 aromatic rings. The molecule has 0 spiro atoms. The fraction of sp³-hybridized carbons (Fsp3) is 0.0606. The van der Waals surface area contributed by atoms with Crippen molar-refractivity contribution in [3.8, 4) is 28.8 Å². The quantitative estimate of drug-likeness (QED) is 0.160. The molecule has 0 aliphatic rings. The minimum atomic E-state index is -0.451. The zero-order valence-corrected chi connectivity index (χ0v) is 22.3. The van der Waals surface area contributed by atoms with Gasteiger partial charge in [-0.3, -0.25) is 4.79 Å².